The van der Waals surface area contributed by atoms with Crippen LogP contribution in [0.3, 0.4) is 0 Å². The minimum Gasteiger partial charge on any atom is -0.357 e. The maximum absolute atomic E-state index is 4.22. The summed E-state index contributed by atoms with van der Waals surface area (Å²) in [7, 11) is 0. The summed E-state index contributed by atoms with van der Waals surface area (Å²) in [4.78, 5) is 6.50. The van der Waals surface area contributed by atoms with Gasteiger partial charge in [-0.2, -0.15) is 0 Å². The first-order valence-corrected chi connectivity index (χ1v) is 9.82. The summed E-state index contributed by atoms with van der Waals surface area (Å²) < 4.78 is 0. The fourth-order valence-corrected chi connectivity index (χ4v) is 2.99. The lowest BCUT2D eigenvalue weighted by Crippen LogP contribution is -2.19. The Morgan fingerprint density at radius 3 is 1.95 bits per heavy atom. The Balaban J connectivity index is 1.71. The van der Waals surface area contributed by atoms with Crippen molar-refractivity contribution in [1.82, 2.24) is 4.90 Å². The van der Waals surface area contributed by atoms with E-state index in [0.29, 0.717) is 0 Å². The molecule has 1 aliphatic heterocycles. The molecule has 0 bridgehead atoms. The summed E-state index contributed by atoms with van der Waals surface area (Å²) in [6.07, 6.45) is 25.1. The Kier molecular flexibility index (Phi) is 13.2. The SMILES string of the molecule is CCCCCCCCCCCCCC/C=C/CN1C=NCC1. The molecule has 0 atom stereocenters. The Bertz CT molecular complexity index is 283. The minimum absolute atomic E-state index is 0.979. The highest BCUT2D eigenvalue weighted by Crippen LogP contribution is 2.12. The highest BCUT2D eigenvalue weighted by molar-refractivity contribution is 5.57. The lowest BCUT2D eigenvalue weighted by Gasteiger charge is -2.09. The van der Waals surface area contributed by atoms with Crippen LogP contribution in [-0.2, 0) is 0 Å². The normalized spacial score (nSPS) is 14.5. The number of rotatable bonds is 15. The molecule has 0 aliphatic carbocycles. The minimum atomic E-state index is 0.979. The van der Waals surface area contributed by atoms with Gasteiger partial charge in [0.1, 0.15) is 0 Å². The van der Waals surface area contributed by atoms with Gasteiger partial charge in [0.2, 0.25) is 0 Å². The average molecular weight is 307 g/mol. The molecule has 0 N–H and O–H groups in total. The van der Waals surface area contributed by atoms with Crippen molar-refractivity contribution < 1.29 is 0 Å². The molecule has 22 heavy (non-hydrogen) atoms. The van der Waals surface area contributed by atoms with Crippen molar-refractivity contribution in [3.05, 3.63) is 12.2 Å². The van der Waals surface area contributed by atoms with E-state index in [0.717, 1.165) is 19.6 Å². The molecular weight excluding hydrogens is 268 g/mol. The summed E-state index contributed by atoms with van der Waals surface area (Å²) in [5.41, 5.74) is 0. The van der Waals surface area contributed by atoms with Crippen LogP contribution in [0.2, 0.25) is 0 Å². The lowest BCUT2D eigenvalue weighted by atomic mass is 10.0. The van der Waals surface area contributed by atoms with Crippen molar-refractivity contribution in [1.29, 1.82) is 0 Å². The first kappa shape index (κ1) is 19.3. The van der Waals surface area contributed by atoms with Crippen molar-refractivity contribution >= 4 is 6.34 Å². The molecule has 0 fully saturated rings. The maximum Gasteiger partial charge on any atom is 0.0854 e. The molecule has 0 spiro atoms. The molecule has 0 saturated heterocycles. The van der Waals surface area contributed by atoms with E-state index < -0.39 is 0 Å². The fraction of sp³-hybridized carbons (Fsp3) is 0.850. The van der Waals surface area contributed by atoms with Gasteiger partial charge in [0.15, 0.2) is 0 Å². The van der Waals surface area contributed by atoms with Crippen LogP contribution in [-0.4, -0.2) is 30.9 Å². The Labute approximate surface area is 139 Å². The third kappa shape index (κ3) is 11.8. The van der Waals surface area contributed by atoms with Gasteiger partial charge in [0.25, 0.3) is 0 Å². The van der Waals surface area contributed by atoms with Crippen LogP contribution >= 0.6 is 0 Å². The molecule has 2 heteroatoms. The van der Waals surface area contributed by atoms with Crippen molar-refractivity contribution in [2.45, 2.75) is 90.4 Å². The second-order valence-electron chi connectivity index (χ2n) is 6.67. The largest absolute Gasteiger partial charge is 0.357 e. The van der Waals surface area contributed by atoms with Crippen LogP contribution in [0.5, 0.6) is 0 Å². The summed E-state index contributed by atoms with van der Waals surface area (Å²) >= 11 is 0. The summed E-state index contributed by atoms with van der Waals surface area (Å²) in [6.45, 7) is 5.41. The molecule has 0 amide bonds. The van der Waals surface area contributed by atoms with Crippen LogP contribution in [0.25, 0.3) is 0 Å². The molecule has 2 nitrogen and oxygen atoms in total. The lowest BCUT2D eigenvalue weighted by molar-refractivity contribution is 0.517. The Morgan fingerprint density at radius 1 is 0.818 bits per heavy atom. The first-order chi connectivity index (χ1) is 10.9. The standard InChI is InChI=1S/C20H38N2/c1-2-3-4-5-6-7-8-9-10-11-12-13-14-15-16-18-22-19-17-21-20-22/h15-16,20H,2-14,17-19H2,1H3/b16-15+. The molecule has 0 saturated carbocycles. The van der Waals surface area contributed by atoms with Gasteiger partial charge in [-0.05, 0) is 12.8 Å². The number of hydrogen-bond acceptors (Lipinski definition) is 2. The zero-order valence-electron chi connectivity index (χ0n) is 14.9. The van der Waals surface area contributed by atoms with E-state index in [2.05, 4.69) is 29.0 Å². The number of unbranched alkanes of at least 4 members (excludes halogenated alkanes) is 12. The average Bonchev–Trinajstić information content (AvgIpc) is 3.04. The van der Waals surface area contributed by atoms with Gasteiger partial charge < -0.3 is 4.90 Å². The number of aliphatic imine (C=N–C) groups is 1. The van der Waals surface area contributed by atoms with E-state index >= 15 is 0 Å². The molecule has 0 aromatic heterocycles. The molecule has 0 aromatic carbocycles. The van der Waals surface area contributed by atoms with Crippen molar-refractivity contribution in [3.8, 4) is 0 Å². The number of allylic oxidation sites excluding steroid dienone is 1. The Hall–Kier alpha value is -0.790. The van der Waals surface area contributed by atoms with E-state index in [1.165, 1.54) is 83.5 Å². The van der Waals surface area contributed by atoms with Crippen molar-refractivity contribution in [2.75, 3.05) is 19.6 Å². The topological polar surface area (TPSA) is 15.6 Å². The van der Waals surface area contributed by atoms with Crippen LogP contribution in [0, 0.1) is 0 Å². The molecule has 0 aromatic rings. The van der Waals surface area contributed by atoms with E-state index in [1.807, 2.05) is 6.34 Å². The number of hydrogen-bond donors (Lipinski definition) is 0. The van der Waals surface area contributed by atoms with Gasteiger partial charge in [0.05, 0.1) is 12.9 Å². The van der Waals surface area contributed by atoms with Crippen LogP contribution in [0.15, 0.2) is 17.1 Å². The second-order valence-corrected chi connectivity index (χ2v) is 6.67. The van der Waals surface area contributed by atoms with Crippen LogP contribution in [0.1, 0.15) is 90.4 Å². The fourth-order valence-electron chi connectivity index (χ4n) is 2.99. The highest BCUT2D eigenvalue weighted by Gasteiger charge is 2.00. The summed E-state index contributed by atoms with van der Waals surface area (Å²) in [6, 6.07) is 0. The van der Waals surface area contributed by atoms with Gasteiger partial charge >= 0.3 is 0 Å². The molecule has 1 aliphatic rings. The van der Waals surface area contributed by atoms with Gasteiger partial charge in [-0.25, -0.2) is 0 Å². The van der Waals surface area contributed by atoms with Gasteiger partial charge in [-0.3, -0.25) is 4.99 Å². The molecule has 1 heterocycles. The van der Waals surface area contributed by atoms with Crippen molar-refractivity contribution in [3.63, 3.8) is 0 Å². The number of nitrogens with zero attached hydrogens (tertiary/aromatic N) is 2. The zero-order chi connectivity index (χ0) is 15.7. The molecule has 0 radical (unpaired) electrons. The second kappa shape index (κ2) is 15.1. The molecular formula is C20H38N2. The molecule has 128 valence electrons. The first-order valence-electron chi connectivity index (χ1n) is 9.82. The van der Waals surface area contributed by atoms with Crippen LogP contribution < -0.4 is 0 Å². The van der Waals surface area contributed by atoms with E-state index in [1.54, 1.807) is 0 Å². The smallest absolute Gasteiger partial charge is 0.0854 e. The van der Waals surface area contributed by atoms with Gasteiger partial charge in [0, 0.05) is 13.1 Å². The third-order valence-electron chi connectivity index (χ3n) is 4.49. The predicted octanol–water partition coefficient (Wildman–Crippen LogP) is 5.98. The monoisotopic (exact) mass is 306 g/mol. The predicted molar refractivity (Wildman–Crippen MR) is 99.8 cm³/mol. The molecule has 0 unspecified atom stereocenters. The van der Waals surface area contributed by atoms with Crippen LogP contribution in [0.4, 0.5) is 0 Å². The third-order valence-corrected chi connectivity index (χ3v) is 4.49. The van der Waals surface area contributed by atoms with Gasteiger partial charge in [-0.1, -0.05) is 89.7 Å². The van der Waals surface area contributed by atoms with Gasteiger partial charge in [-0.15, -0.1) is 0 Å². The summed E-state index contributed by atoms with van der Waals surface area (Å²) in [5.74, 6) is 0. The Morgan fingerprint density at radius 2 is 1.41 bits per heavy atom. The van der Waals surface area contributed by atoms with E-state index in [9.17, 15) is 0 Å². The van der Waals surface area contributed by atoms with E-state index in [-0.39, 0.29) is 0 Å². The molecule has 1 rings (SSSR count). The van der Waals surface area contributed by atoms with E-state index in [4.69, 9.17) is 0 Å². The maximum atomic E-state index is 4.22. The highest BCUT2D eigenvalue weighted by atomic mass is 15.2. The van der Waals surface area contributed by atoms with Crippen molar-refractivity contribution in [2.24, 2.45) is 4.99 Å². The summed E-state index contributed by atoms with van der Waals surface area (Å²) in [5, 5.41) is 0. The quantitative estimate of drug-likeness (QED) is 0.268. The zero-order valence-corrected chi connectivity index (χ0v) is 14.9.